The molecule has 0 aliphatic rings. The molecule has 0 aliphatic heterocycles. The number of nitrogen functional groups attached to an aromatic ring is 1. The zero-order valence-corrected chi connectivity index (χ0v) is 10.3. The van der Waals surface area contributed by atoms with Gasteiger partial charge in [-0.25, -0.2) is 0 Å². The van der Waals surface area contributed by atoms with Gasteiger partial charge in [0.1, 0.15) is 5.75 Å². The van der Waals surface area contributed by atoms with Gasteiger partial charge < -0.3 is 10.5 Å². The number of methoxy groups -OCH3 is 1. The first-order valence-corrected chi connectivity index (χ1v) is 5.77. The molecule has 0 atom stereocenters. The number of hydrogen-bond donors (Lipinski definition) is 3. The Morgan fingerprint density at radius 1 is 1.21 bits per heavy atom. The summed E-state index contributed by atoms with van der Waals surface area (Å²) in [6, 6.07) is 9.54. The molecule has 2 aromatic heterocycles. The van der Waals surface area contributed by atoms with Crippen LogP contribution in [0.2, 0.25) is 0 Å². The van der Waals surface area contributed by atoms with Crippen molar-refractivity contribution in [3.8, 4) is 28.3 Å². The monoisotopic (exact) mass is 255 g/mol. The highest BCUT2D eigenvalue weighted by atomic mass is 16.5. The quantitative estimate of drug-likeness (QED) is 0.667. The number of H-pyrrole nitrogens is 2. The van der Waals surface area contributed by atoms with E-state index in [1.54, 1.807) is 13.3 Å². The van der Waals surface area contributed by atoms with Crippen LogP contribution >= 0.6 is 0 Å². The first-order chi connectivity index (χ1) is 9.29. The minimum absolute atomic E-state index is 0.442. The van der Waals surface area contributed by atoms with E-state index in [1.807, 2.05) is 30.3 Å². The molecule has 0 fully saturated rings. The summed E-state index contributed by atoms with van der Waals surface area (Å²) in [6.07, 6.45) is 1.68. The molecule has 6 heteroatoms. The Bertz CT molecular complexity index is 687. The van der Waals surface area contributed by atoms with Crippen LogP contribution < -0.4 is 10.5 Å². The minimum Gasteiger partial charge on any atom is -0.497 e. The molecular formula is C13H13N5O. The van der Waals surface area contributed by atoms with Gasteiger partial charge in [-0.2, -0.15) is 10.2 Å². The summed E-state index contributed by atoms with van der Waals surface area (Å²) in [4.78, 5) is 0. The lowest BCUT2D eigenvalue weighted by Gasteiger charge is -2.05. The van der Waals surface area contributed by atoms with Gasteiger partial charge >= 0.3 is 0 Å². The standard InChI is InChI=1S/C13H13N5O/c1-19-9-4-2-3-8(7-9)11-12(17-18-13(11)14)10-5-6-15-16-10/h2-7H,1H3,(H,15,16)(H3,14,17,18). The van der Waals surface area contributed by atoms with E-state index in [0.717, 1.165) is 28.3 Å². The number of nitrogens with zero attached hydrogens (tertiary/aromatic N) is 2. The lowest BCUT2D eigenvalue weighted by molar-refractivity contribution is 0.415. The smallest absolute Gasteiger partial charge is 0.153 e. The van der Waals surface area contributed by atoms with Crippen molar-refractivity contribution in [3.05, 3.63) is 36.5 Å². The lowest BCUT2D eigenvalue weighted by Crippen LogP contribution is -1.90. The molecule has 0 saturated heterocycles. The Labute approximate surface area is 109 Å². The van der Waals surface area contributed by atoms with Crippen molar-refractivity contribution in [2.75, 3.05) is 12.8 Å². The molecule has 3 rings (SSSR count). The average Bonchev–Trinajstić information content (AvgIpc) is 3.07. The Morgan fingerprint density at radius 2 is 2.11 bits per heavy atom. The predicted molar refractivity (Wildman–Crippen MR) is 72.6 cm³/mol. The van der Waals surface area contributed by atoms with E-state index in [0.29, 0.717) is 5.82 Å². The van der Waals surface area contributed by atoms with E-state index in [1.165, 1.54) is 0 Å². The van der Waals surface area contributed by atoms with Crippen LogP contribution in [0, 0.1) is 0 Å². The summed E-state index contributed by atoms with van der Waals surface area (Å²) in [5, 5.41) is 13.8. The summed E-state index contributed by atoms with van der Waals surface area (Å²) < 4.78 is 5.23. The highest BCUT2D eigenvalue weighted by Crippen LogP contribution is 2.34. The van der Waals surface area contributed by atoms with Crippen LogP contribution in [0.5, 0.6) is 5.75 Å². The van der Waals surface area contributed by atoms with E-state index in [2.05, 4.69) is 20.4 Å². The highest BCUT2D eigenvalue weighted by Gasteiger charge is 2.15. The number of ether oxygens (including phenoxy) is 1. The summed E-state index contributed by atoms with van der Waals surface area (Å²) in [5.74, 6) is 1.21. The molecule has 6 nitrogen and oxygen atoms in total. The summed E-state index contributed by atoms with van der Waals surface area (Å²) in [7, 11) is 1.63. The Balaban J connectivity index is 2.16. The van der Waals surface area contributed by atoms with Gasteiger partial charge in [-0.05, 0) is 23.8 Å². The minimum atomic E-state index is 0.442. The van der Waals surface area contributed by atoms with Gasteiger partial charge in [0, 0.05) is 6.20 Å². The summed E-state index contributed by atoms with van der Waals surface area (Å²) in [6.45, 7) is 0. The van der Waals surface area contributed by atoms with Crippen molar-refractivity contribution in [3.63, 3.8) is 0 Å². The van der Waals surface area contributed by atoms with Gasteiger partial charge in [-0.3, -0.25) is 10.2 Å². The molecule has 2 heterocycles. The Morgan fingerprint density at radius 3 is 2.84 bits per heavy atom. The molecule has 19 heavy (non-hydrogen) atoms. The SMILES string of the molecule is COc1cccc(-c2c(N)n[nH]c2-c2ccn[nH]2)c1. The van der Waals surface area contributed by atoms with Crippen molar-refractivity contribution in [1.82, 2.24) is 20.4 Å². The molecule has 96 valence electrons. The fraction of sp³-hybridized carbons (Fsp3) is 0.0769. The largest absolute Gasteiger partial charge is 0.497 e. The van der Waals surface area contributed by atoms with E-state index < -0.39 is 0 Å². The van der Waals surface area contributed by atoms with Crippen molar-refractivity contribution < 1.29 is 4.74 Å². The number of aromatic nitrogens is 4. The third-order valence-electron chi connectivity index (χ3n) is 2.92. The average molecular weight is 255 g/mol. The van der Waals surface area contributed by atoms with Gasteiger partial charge in [0.2, 0.25) is 0 Å². The van der Waals surface area contributed by atoms with Crippen LogP contribution in [-0.4, -0.2) is 27.5 Å². The predicted octanol–water partition coefficient (Wildman–Crippen LogP) is 2.06. The molecular weight excluding hydrogens is 242 g/mol. The van der Waals surface area contributed by atoms with Crippen LogP contribution in [-0.2, 0) is 0 Å². The maximum Gasteiger partial charge on any atom is 0.153 e. The van der Waals surface area contributed by atoms with Crippen LogP contribution in [0.1, 0.15) is 0 Å². The molecule has 4 N–H and O–H groups in total. The Kier molecular flexibility index (Phi) is 2.68. The Hall–Kier alpha value is -2.76. The maximum atomic E-state index is 5.95. The topological polar surface area (TPSA) is 92.6 Å². The van der Waals surface area contributed by atoms with E-state index in [-0.39, 0.29) is 0 Å². The van der Waals surface area contributed by atoms with Gasteiger partial charge in [-0.15, -0.1) is 0 Å². The number of nitrogens with one attached hydrogen (secondary N) is 2. The number of anilines is 1. The fourth-order valence-corrected chi connectivity index (χ4v) is 2.02. The third-order valence-corrected chi connectivity index (χ3v) is 2.92. The van der Waals surface area contributed by atoms with Crippen LogP contribution in [0.25, 0.3) is 22.5 Å². The lowest BCUT2D eigenvalue weighted by atomic mass is 10.0. The fourth-order valence-electron chi connectivity index (χ4n) is 2.02. The molecule has 0 radical (unpaired) electrons. The molecule has 3 aromatic rings. The second-order valence-electron chi connectivity index (χ2n) is 4.06. The summed E-state index contributed by atoms with van der Waals surface area (Å²) in [5.41, 5.74) is 9.37. The van der Waals surface area contributed by atoms with Gasteiger partial charge in [-0.1, -0.05) is 12.1 Å². The molecule has 0 unspecified atom stereocenters. The van der Waals surface area contributed by atoms with E-state index in [9.17, 15) is 0 Å². The van der Waals surface area contributed by atoms with Gasteiger partial charge in [0.05, 0.1) is 24.1 Å². The normalized spacial score (nSPS) is 10.6. The zero-order valence-electron chi connectivity index (χ0n) is 10.3. The molecule has 0 spiro atoms. The molecule has 1 aromatic carbocycles. The van der Waals surface area contributed by atoms with Crippen molar-refractivity contribution in [2.45, 2.75) is 0 Å². The highest BCUT2D eigenvalue weighted by molar-refractivity contribution is 5.86. The molecule has 0 amide bonds. The number of nitrogens with two attached hydrogens (primary N) is 1. The van der Waals surface area contributed by atoms with Crippen molar-refractivity contribution in [1.29, 1.82) is 0 Å². The van der Waals surface area contributed by atoms with Crippen LogP contribution in [0.4, 0.5) is 5.82 Å². The van der Waals surface area contributed by atoms with Crippen molar-refractivity contribution in [2.24, 2.45) is 0 Å². The van der Waals surface area contributed by atoms with Gasteiger partial charge in [0.25, 0.3) is 0 Å². The van der Waals surface area contributed by atoms with Crippen molar-refractivity contribution >= 4 is 5.82 Å². The third kappa shape index (κ3) is 1.93. The number of rotatable bonds is 3. The molecule has 0 bridgehead atoms. The van der Waals surface area contributed by atoms with Crippen LogP contribution in [0.3, 0.4) is 0 Å². The second-order valence-corrected chi connectivity index (χ2v) is 4.06. The van der Waals surface area contributed by atoms with E-state index in [4.69, 9.17) is 10.5 Å². The zero-order chi connectivity index (χ0) is 13.2. The van der Waals surface area contributed by atoms with Gasteiger partial charge in [0.15, 0.2) is 5.82 Å². The maximum absolute atomic E-state index is 5.95. The van der Waals surface area contributed by atoms with E-state index >= 15 is 0 Å². The first kappa shape index (κ1) is 11.3. The number of benzene rings is 1. The number of aromatic amines is 2. The molecule has 0 saturated carbocycles. The summed E-state index contributed by atoms with van der Waals surface area (Å²) >= 11 is 0. The molecule has 0 aliphatic carbocycles. The second kappa shape index (κ2) is 4.49. The number of hydrogen-bond acceptors (Lipinski definition) is 4. The van der Waals surface area contributed by atoms with Crippen LogP contribution in [0.15, 0.2) is 36.5 Å². The first-order valence-electron chi connectivity index (χ1n) is 5.77.